The number of imidazole rings is 1. The Morgan fingerprint density at radius 1 is 1.17 bits per heavy atom. The third-order valence-corrected chi connectivity index (χ3v) is 8.24. The van der Waals surface area contributed by atoms with Gasteiger partial charge < -0.3 is 19.9 Å². The van der Waals surface area contributed by atoms with Gasteiger partial charge >= 0.3 is 6.09 Å². The van der Waals surface area contributed by atoms with Crippen LogP contribution >= 0.6 is 0 Å². The number of H-pyrrole nitrogens is 1. The molecule has 2 aliphatic carbocycles. The van der Waals surface area contributed by atoms with Crippen molar-refractivity contribution >= 4 is 12.0 Å². The predicted molar refractivity (Wildman–Crippen MR) is 135 cm³/mol. The maximum Gasteiger partial charge on any atom is 0.407 e. The van der Waals surface area contributed by atoms with Gasteiger partial charge in [0.2, 0.25) is 5.91 Å². The summed E-state index contributed by atoms with van der Waals surface area (Å²) in [6, 6.07) is 6.12. The molecule has 2 fully saturated rings. The van der Waals surface area contributed by atoms with Gasteiger partial charge in [-0.05, 0) is 62.8 Å². The van der Waals surface area contributed by atoms with Gasteiger partial charge in [0.05, 0.1) is 18.8 Å². The number of nitrogens with zero attached hydrogens (tertiary/aromatic N) is 2. The van der Waals surface area contributed by atoms with Crippen LogP contribution < -0.4 is 5.32 Å². The van der Waals surface area contributed by atoms with Crippen LogP contribution in [0.5, 0.6) is 0 Å². The topological polar surface area (TPSA) is 87.3 Å². The Kier molecular flexibility index (Phi) is 6.60. The second-order valence-corrected chi connectivity index (χ2v) is 10.9. The lowest BCUT2D eigenvalue weighted by molar-refractivity contribution is -0.138. The van der Waals surface area contributed by atoms with Crippen LogP contribution in [0.1, 0.15) is 81.1 Å². The van der Waals surface area contributed by atoms with Crippen LogP contribution in [-0.2, 0) is 22.4 Å². The number of hydrogen-bond donors (Lipinski definition) is 2. The molecule has 1 aromatic heterocycles. The summed E-state index contributed by atoms with van der Waals surface area (Å²) in [7, 11) is 1.34. The summed E-state index contributed by atoms with van der Waals surface area (Å²) < 4.78 is 4.83. The molecule has 2 amide bonds. The van der Waals surface area contributed by atoms with Crippen LogP contribution in [0, 0.1) is 18.8 Å². The number of carbonyl (C=O) groups excluding carboxylic acids is 2. The van der Waals surface area contributed by atoms with Crippen molar-refractivity contribution in [1.82, 2.24) is 20.2 Å². The van der Waals surface area contributed by atoms with Gasteiger partial charge in [-0.25, -0.2) is 9.78 Å². The van der Waals surface area contributed by atoms with Gasteiger partial charge in [0.25, 0.3) is 0 Å². The number of carbonyl (C=O) groups is 2. The first-order valence-electron chi connectivity index (χ1n) is 13.2. The first-order valence-corrected chi connectivity index (χ1v) is 13.2. The minimum absolute atomic E-state index is 0.0209. The number of amides is 2. The van der Waals surface area contributed by atoms with E-state index in [1.165, 1.54) is 35.9 Å². The highest BCUT2D eigenvalue weighted by molar-refractivity contribution is 5.87. The molecule has 4 atom stereocenters. The average molecular weight is 479 g/mol. The number of aryl methyl sites for hydroxylation is 3. The molecule has 5 rings (SSSR count). The zero-order valence-electron chi connectivity index (χ0n) is 21.4. The number of methoxy groups -OCH3 is 1. The van der Waals surface area contributed by atoms with Crippen LogP contribution in [0.25, 0.3) is 11.3 Å². The molecule has 1 saturated heterocycles. The van der Waals surface area contributed by atoms with Crippen LogP contribution in [0.15, 0.2) is 18.2 Å². The van der Waals surface area contributed by atoms with Crippen molar-refractivity contribution in [2.45, 2.75) is 90.3 Å². The smallest absolute Gasteiger partial charge is 0.407 e. The minimum atomic E-state index is -0.623. The summed E-state index contributed by atoms with van der Waals surface area (Å²) in [4.78, 5) is 37.0. The molecule has 0 radical (unpaired) electrons. The molecule has 188 valence electrons. The standard InChI is InChI=1S/C28H38N4O3/c1-16(2)24(31-28(34)35-4)27(33)32-22-11-6-5-8-19(22)15-23(32)26-29-21-10-7-9-18-14-17(3)12-13-20(18)25(21)30-26/h12-14,16,19,22-24H,5-11,15H2,1-4H3,(H,29,30)(H,31,34)/t19-,22-,23-,24-/m0/s1. The van der Waals surface area contributed by atoms with Gasteiger partial charge in [-0.3, -0.25) is 4.79 Å². The number of ether oxygens (including phenoxy) is 1. The molecule has 35 heavy (non-hydrogen) atoms. The molecular formula is C28H38N4O3. The largest absolute Gasteiger partial charge is 0.453 e. The van der Waals surface area contributed by atoms with E-state index in [1.807, 2.05) is 13.8 Å². The van der Waals surface area contributed by atoms with Crippen LogP contribution in [0.3, 0.4) is 0 Å². The Balaban J connectivity index is 1.52. The lowest BCUT2D eigenvalue weighted by Crippen LogP contribution is -2.53. The number of likely N-dealkylation sites (tertiary alicyclic amines) is 1. The SMILES string of the molecule is COC(=O)N[C@H](C(=O)N1[C@H](c2nc3c([nH]2)CCCc2cc(C)ccc2-3)C[C@@H]2CCCC[C@@H]21)C(C)C. The van der Waals surface area contributed by atoms with Crippen molar-refractivity contribution in [3.8, 4) is 11.3 Å². The molecule has 1 saturated carbocycles. The second-order valence-electron chi connectivity index (χ2n) is 10.9. The first kappa shape index (κ1) is 23.9. The summed E-state index contributed by atoms with van der Waals surface area (Å²) in [5, 5.41) is 2.80. The van der Waals surface area contributed by atoms with Gasteiger partial charge in [0.1, 0.15) is 11.9 Å². The number of rotatable bonds is 4. The molecule has 0 spiro atoms. The Morgan fingerprint density at radius 2 is 1.97 bits per heavy atom. The molecule has 1 aliphatic heterocycles. The van der Waals surface area contributed by atoms with Crippen LogP contribution in [-0.4, -0.2) is 46.1 Å². The fraction of sp³-hybridized carbons (Fsp3) is 0.607. The molecular weight excluding hydrogens is 440 g/mol. The van der Waals surface area contributed by atoms with Crippen molar-refractivity contribution in [2.75, 3.05) is 7.11 Å². The van der Waals surface area contributed by atoms with Gasteiger partial charge in [0, 0.05) is 17.3 Å². The van der Waals surface area contributed by atoms with Gasteiger partial charge in [-0.15, -0.1) is 0 Å². The highest BCUT2D eigenvalue weighted by atomic mass is 16.5. The summed E-state index contributed by atoms with van der Waals surface area (Å²) >= 11 is 0. The van der Waals surface area contributed by atoms with Crippen molar-refractivity contribution < 1.29 is 14.3 Å². The Labute approximate surface area is 208 Å². The third-order valence-electron chi connectivity index (χ3n) is 8.24. The molecule has 3 aliphatic rings. The zero-order valence-corrected chi connectivity index (χ0v) is 21.4. The lowest BCUT2D eigenvalue weighted by Gasteiger charge is -2.36. The normalized spacial score (nSPS) is 24.3. The quantitative estimate of drug-likeness (QED) is 0.641. The molecule has 2 aromatic rings. The molecule has 2 N–H and O–H groups in total. The van der Waals surface area contributed by atoms with Gasteiger partial charge in [0.15, 0.2) is 0 Å². The van der Waals surface area contributed by atoms with E-state index in [0.717, 1.165) is 56.5 Å². The average Bonchev–Trinajstić information content (AvgIpc) is 3.39. The number of hydrogen-bond acceptors (Lipinski definition) is 4. The summed E-state index contributed by atoms with van der Waals surface area (Å²) in [5.41, 5.74) is 6.07. The van der Waals surface area contributed by atoms with E-state index in [9.17, 15) is 9.59 Å². The van der Waals surface area contributed by atoms with E-state index >= 15 is 0 Å². The molecule has 7 heteroatoms. The van der Waals surface area contributed by atoms with Crippen molar-refractivity contribution in [1.29, 1.82) is 0 Å². The number of fused-ring (bicyclic) bond motifs is 4. The number of benzene rings is 1. The zero-order chi connectivity index (χ0) is 24.7. The number of aromatic nitrogens is 2. The fourth-order valence-corrected chi connectivity index (χ4v) is 6.49. The summed E-state index contributed by atoms with van der Waals surface area (Å²) in [5.74, 6) is 1.30. The summed E-state index contributed by atoms with van der Waals surface area (Å²) in [6.07, 6.45) is 7.97. The number of alkyl carbamates (subject to hydrolysis) is 1. The Morgan fingerprint density at radius 3 is 2.74 bits per heavy atom. The first-order chi connectivity index (χ1) is 16.9. The maximum absolute atomic E-state index is 14.0. The molecule has 7 nitrogen and oxygen atoms in total. The van der Waals surface area contributed by atoms with E-state index in [2.05, 4.69) is 40.3 Å². The highest BCUT2D eigenvalue weighted by Crippen LogP contribution is 2.47. The van der Waals surface area contributed by atoms with Crippen molar-refractivity contribution in [3.05, 3.63) is 40.8 Å². The summed E-state index contributed by atoms with van der Waals surface area (Å²) in [6.45, 7) is 6.07. The van der Waals surface area contributed by atoms with Crippen molar-refractivity contribution in [2.24, 2.45) is 11.8 Å². The second kappa shape index (κ2) is 9.67. The Hall–Kier alpha value is -2.83. The monoisotopic (exact) mass is 478 g/mol. The maximum atomic E-state index is 14.0. The fourth-order valence-electron chi connectivity index (χ4n) is 6.49. The highest BCUT2D eigenvalue weighted by Gasteiger charge is 2.48. The molecule has 0 unspecified atom stereocenters. The van der Waals surface area contributed by atoms with E-state index in [1.54, 1.807) is 0 Å². The van der Waals surface area contributed by atoms with E-state index < -0.39 is 12.1 Å². The number of nitrogens with one attached hydrogen (secondary N) is 2. The van der Waals surface area contributed by atoms with E-state index in [-0.39, 0.29) is 23.9 Å². The van der Waals surface area contributed by atoms with Crippen LogP contribution in [0.2, 0.25) is 0 Å². The van der Waals surface area contributed by atoms with Gasteiger partial charge in [-0.1, -0.05) is 50.5 Å². The lowest BCUT2D eigenvalue weighted by atomic mass is 9.84. The van der Waals surface area contributed by atoms with Gasteiger partial charge in [-0.2, -0.15) is 0 Å². The third kappa shape index (κ3) is 4.45. The number of aromatic amines is 1. The van der Waals surface area contributed by atoms with E-state index in [4.69, 9.17) is 9.72 Å². The molecule has 2 heterocycles. The molecule has 1 aromatic carbocycles. The van der Waals surface area contributed by atoms with E-state index in [0.29, 0.717) is 5.92 Å². The minimum Gasteiger partial charge on any atom is -0.453 e. The Bertz CT molecular complexity index is 1110. The predicted octanol–water partition coefficient (Wildman–Crippen LogP) is 5.09. The van der Waals surface area contributed by atoms with Crippen LogP contribution in [0.4, 0.5) is 4.79 Å². The molecule has 0 bridgehead atoms. The van der Waals surface area contributed by atoms with Crippen molar-refractivity contribution in [3.63, 3.8) is 0 Å².